The van der Waals surface area contributed by atoms with E-state index in [9.17, 15) is 0 Å². The molecule has 0 aliphatic heterocycles. The van der Waals surface area contributed by atoms with Crippen LogP contribution in [0.3, 0.4) is 0 Å². The van der Waals surface area contributed by atoms with Crippen LogP contribution in [0, 0.1) is 0 Å². The van der Waals surface area contributed by atoms with Crippen molar-refractivity contribution in [3.05, 3.63) is 131 Å². The number of fused-ring (bicyclic) bond motifs is 2. The predicted molar refractivity (Wildman–Crippen MR) is 161 cm³/mol. The van der Waals surface area contributed by atoms with Crippen molar-refractivity contribution < 1.29 is 0 Å². The molecule has 39 heavy (non-hydrogen) atoms. The molecule has 7 rings (SSSR count). The minimum atomic E-state index is 0.601. The second kappa shape index (κ2) is 9.94. The third-order valence-corrected chi connectivity index (χ3v) is 7.48. The van der Waals surface area contributed by atoms with Crippen LogP contribution < -0.4 is 0 Å². The third-order valence-electron chi connectivity index (χ3n) is 7.24. The average molecular weight is 522 g/mol. The minimum absolute atomic E-state index is 0.601. The van der Waals surface area contributed by atoms with E-state index >= 15 is 0 Å². The molecule has 186 valence electrons. The Balaban J connectivity index is 1.34. The Morgan fingerprint density at radius 1 is 0.564 bits per heavy atom. The normalized spacial score (nSPS) is 12.4. The number of hydrogen-bond donors (Lipinski definition) is 0. The number of hydrogen-bond acceptors (Lipinski definition) is 3. The topological polar surface area (TPSA) is 38.7 Å². The van der Waals surface area contributed by atoms with Gasteiger partial charge in [-0.05, 0) is 64.1 Å². The van der Waals surface area contributed by atoms with Gasteiger partial charge in [-0.3, -0.25) is 0 Å². The number of aryl methyl sites for hydroxylation is 1. The average Bonchev–Trinajstić information content (AvgIpc) is 3.00. The molecule has 0 bridgehead atoms. The Hall–Kier alpha value is -4.60. The first kappa shape index (κ1) is 23.5. The van der Waals surface area contributed by atoms with E-state index in [4.69, 9.17) is 26.6 Å². The quantitative estimate of drug-likeness (QED) is 0.232. The highest BCUT2D eigenvalue weighted by Gasteiger charge is 2.15. The summed E-state index contributed by atoms with van der Waals surface area (Å²) >= 11 is 6.33. The van der Waals surface area contributed by atoms with Gasteiger partial charge in [-0.25, -0.2) is 15.0 Å². The predicted octanol–water partition coefficient (Wildman–Crippen LogP) is 9.31. The summed E-state index contributed by atoms with van der Waals surface area (Å²) in [6, 6.07) is 37.5. The molecule has 1 aliphatic carbocycles. The molecule has 0 spiro atoms. The summed E-state index contributed by atoms with van der Waals surface area (Å²) in [6.45, 7) is 0. The Kier molecular flexibility index (Phi) is 5.99. The van der Waals surface area contributed by atoms with E-state index in [0.717, 1.165) is 35.1 Å². The first-order valence-electron chi connectivity index (χ1n) is 13.1. The van der Waals surface area contributed by atoms with E-state index in [1.807, 2.05) is 24.3 Å². The van der Waals surface area contributed by atoms with Gasteiger partial charge in [-0.1, -0.05) is 115 Å². The lowest BCUT2D eigenvalue weighted by atomic mass is 9.95. The molecule has 0 saturated carbocycles. The van der Waals surface area contributed by atoms with Crippen LogP contribution in [0.4, 0.5) is 0 Å². The van der Waals surface area contributed by atoms with Crippen LogP contribution in [-0.2, 0) is 6.42 Å². The molecule has 1 aromatic heterocycles. The SMILES string of the molecule is Clc1cccc(-c2nc(-c3ccc(-c4cccc5ccccc45)cc3)nc(-c3ccc4c(c3)C=CCC4)n2)c1. The van der Waals surface area contributed by atoms with Gasteiger partial charge in [0.05, 0.1) is 0 Å². The third kappa shape index (κ3) is 4.62. The minimum Gasteiger partial charge on any atom is -0.208 e. The molecule has 0 radical (unpaired) electrons. The van der Waals surface area contributed by atoms with Crippen molar-refractivity contribution in [2.45, 2.75) is 12.8 Å². The molecule has 0 N–H and O–H groups in total. The van der Waals surface area contributed by atoms with Crippen LogP contribution in [0.2, 0.25) is 5.02 Å². The smallest absolute Gasteiger partial charge is 0.164 e. The molecule has 0 unspecified atom stereocenters. The van der Waals surface area contributed by atoms with Crippen molar-refractivity contribution in [3.8, 4) is 45.3 Å². The van der Waals surface area contributed by atoms with Gasteiger partial charge >= 0.3 is 0 Å². The standard InChI is InChI=1S/C35H24ClN3/c36-30-12-5-11-28(22-30)34-37-33(38-35(39-34)29-20-15-23-7-1-2-9-27(23)21-29)26-18-16-25(17-19-26)32-14-6-10-24-8-3-4-13-31(24)32/h2-6,8-22H,1,7H2. The molecule has 0 fully saturated rings. The van der Waals surface area contributed by atoms with Crippen molar-refractivity contribution in [3.63, 3.8) is 0 Å². The summed E-state index contributed by atoms with van der Waals surface area (Å²) in [5.41, 5.74) is 7.71. The van der Waals surface area contributed by atoms with Crippen LogP contribution in [0.15, 0.2) is 115 Å². The monoisotopic (exact) mass is 521 g/mol. The maximum Gasteiger partial charge on any atom is 0.164 e. The molecule has 5 aromatic carbocycles. The second-order valence-corrected chi connectivity index (χ2v) is 10.2. The van der Waals surface area contributed by atoms with Crippen molar-refractivity contribution in [2.24, 2.45) is 0 Å². The van der Waals surface area contributed by atoms with Crippen LogP contribution in [0.5, 0.6) is 0 Å². The maximum absolute atomic E-state index is 6.33. The van der Waals surface area contributed by atoms with E-state index in [1.54, 1.807) is 0 Å². The lowest BCUT2D eigenvalue weighted by molar-refractivity contribution is 0.985. The van der Waals surface area contributed by atoms with Crippen molar-refractivity contribution in [2.75, 3.05) is 0 Å². The first-order chi connectivity index (χ1) is 19.2. The number of halogens is 1. The molecular formula is C35H24ClN3. The Labute approximate surface area is 232 Å². The Morgan fingerprint density at radius 3 is 2.05 bits per heavy atom. The number of nitrogens with zero attached hydrogens (tertiary/aromatic N) is 3. The van der Waals surface area contributed by atoms with Gasteiger partial charge in [0.2, 0.25) is 0 Å². The summed E-state index contributed by atoms with van der Waals surface area (Å²) in [5.74, 6) is 1.88. The lowest BCUT2D eigenvalue weighted by Gasteiger charge is -2.13. The highest BCUT2D eigenvalue weighted by Crippen LogP contribution is 2.32. The van der Waals surface area contributed by atoms with Gasteiger partial charge in [0.25, 0.3) is 0 Å². The Morgan fingerprint density at radius 2 is 1.23 bits per heavy atom. The highest BCUT2D eigenvalue weighted by molar-refractivity contribution is 6.30. The van der Waals surface area contributed by atoms with Crippen LogP contribution in [-0.4, -0.2) is 15.0 Å². The fourth-order valence-electron chi connectivity index (χ4n) is 5.23. The fraction of sp³-hybridized carbons (Fsp3) is 0.0571. The number of rotatable bonds is 4. The van der Waals surface area contributed by atoms with Gasteiger partial charge in [0.1, 0.15) is 0 Å². The Bertz CT molecular complexity index is 1870. The molecule has 3 nitrogen and oxygen atoms in total. The zero-order valence-electron chi connectivity index (χ0n) is 21.2. The first-order valence-corrected chi connectivity index (χ1v) is 13.5. The van der Waals surface area contributed by atoms with Gasteiger partial charge in [0, 0.05) is 21.7 Å². The zero-order chi connectivity index (χ0) is 26.2. The summed E-state index contributed by atoms with van der Waals surface area (Å²) in [6.07, 6.45) is 6.55. The molecule has 4 heteroatoms. The van der Waals surface area contributed by atoms with Crippen LogP contribution >= 0.6 is 11.6 Å². The van der Waals surface area contributed by atoms with Gasteiger partial charge < -0.3 is 0 Å². The molecule has 0 amide bonds. The fourth-order valence-corrected chi connectivity index (χ4v) is 5.42. The van der Waals surface area contributed by atoms with Crippen molar-refractivity contribution in [1.29, 1.82) is 0 Å². The van der Waals surface area contributed by atoms with Crippen molar-refractivity contribution in [1.82, 2.24) is 15.0 Å². The van der Waals surface area contributed by atoms with E-state index in [0.29, 0.717) is 22.5 Å². The van der Waals surface area contributed by atoms with Crippen molar-refractivity contribution >= 4 is 28.4 Å². The van der Waals surface area contributed by atoms with Gasteiger partial charge in [-0.15, -0.1) is 0 Å². The molecule has 1 aliphatic rings. The van der Waals surface area contributed by atoms with Crippen LogP contribution in [0.25, 0.3) is 62.1 Å². The number of benzene rings is 5. The van der Waals surface area contributed by atoms with E-state index in [-0.39, 0.29) is 0 Å². The largest absolute Gasteiger partial charge is 0.208 e. The molecular weight excluding hydrogens is 498 g/mol. The van der Waals surface area contributed by atoms with E-state index in [2.05, 4.69) is 97.1 Å². The number of allylic oxidation sites excluding steroid dienone is 1. The molecule has 6 aromatic rings. The van der Waals surface area contributed by atoms with Crippen LogP contribution in [0.1, 0.15) is 17.5 Å². The lowest BCUT2D eigenvalue weighted by Crippen LogP contribution is -2.01. The second-order valence-electron chi connectivity index (χ2n) is 9.78. The van der Waals surface area contributed by atoms with Gasteiger partial charge in [0.15, 0.2) is 17.5 Å². The highest BCUT2D eigenvalue weighted by atomic mass is 35.5. The number of aromatic nitrogens is 3. The molecule has 1 heterocycles. The zero-order valence-corrected chi connectivity index (χ0v) is 21.9. The summed E-state index contributed by atoms with van der Waals surface area (Å²) < 4.78 is 0. The molecule has 0 saturated heterocycles. The molecule has 0 atom stereocenters. The summed E-state index contributed by atoms with van der Waals surface area (Å²) in [4.78, 5) is 14.7. The maximum atomic E-state index is 6.33. The van der Waals surface area contributed by atoms with E-state index in [1.165, 1.54) is 27.5 Å². The summed E-state index contributed by atoms with van der Waals surface area (Å²) in [5, 5.41) is 3.11. The van der Waals surface area contributed by atoms with Gasteiger partial charge in [-0.2, -0.15) is 0 Å². The van der Waals surface area contributed by atoms with E-state index < -0.39 is 0 Å². The summed E-state index contributed by atoms with van der Waals surface area (Å²) in [7, 11) is 0.